The summed E-state index contributed by atoms with van der Waals surface area (Å²) in [4.78, 5) is 0. The molecular weight excluding hydrogens is 292 g/mol. The standard InChI is InChI=1S/C22H24Si/c1-15-13-20-16(2)19-12-8-5-9-17(19)14-21(20)22(15)23(3,4)18-10-6-7-11-18/h5-10,12-14,16H,11H2,1-4H3. The van der Waals surface area contributed by atoms with Crippen molar-refractivity contribution in [3.8, 4) is 0 Å². The van der Waals surface area contributed by atoms with Crippen LogP contribution in [0.4, 0.5) is 0 Å². The lowest BCUT2D eigenvalue weighted by Gasteiger charge is -2.32. The SMILES string of the molecule is CC1=C([Si](C)(C)C2=CC=CC2)C2=Cc3ccccc3C(C)C2=C1. The van der Waals surface area contributed by atoms with Crippen LogP contribution in [-0.2, 0) is 0 Å². The first-order valence-electron chi connectivity index (χ1n) is 8.60. The molecule has 0 aromatic heterocycles. The molecule has 1 aromatic carbocycles. The summed E-state index contributed by atoms with van der Waals surface area (Å²) in [5, 5.41) is 3.32. The molecule has 3 aliphatic carbocycles. The van der Waals surface area contributed by atoms with Gasteiger partial charge in [0.05, 0.1) is 0 Å². The van der Waals surface area contributed by atoms with E-state index < -0.39 is 8.07 Å². The molecule has 4 rings (SSSR count). The van der Waals surface area contributed by atoms with Gasteiger partial charge in [0.2, 0.25) is 0 Å². The van der Waals surface area contributed by atoms with Crippen molar-refractivity contribution < 1.29 is 0 Å². The summed E-state index contributed by atoms with van der Waals surface area (Å²) in [5.74, 6) is 0.499. The summed E-state index contributed by atoms with van der Waals surface area (Å²) < 4.78 is 0. The van der Waals surface area contributed by atoms with E-state index in [2.05, 4.69) is 81.6 Å². The van der Waals surface area contributed by atoms with Crippen molar-refractivity contribution in [2.75, 3.05) is 0 Å². The van der Waals surface area contributed by atoms with Crippen LogP contribution < -0.4 is 0 Å². The Morgan fingerprint density at radius 2 is 1.87 bits per heavy atom. The monoisotopic (exact) mass is 316 g/mol. The van der Waals surface area contributed by atoms with Gasteiger partial charge >= 0.3 is 0 Å². The Morgan fingerprint density at radius 1 is 1.09 bits per heavy atom. The van der Waals surface area contributed by atoms with Crippen LogP contribution in [-0.4, -0.2) is 8.07 Å². The van der Waals surface area contributed by atoms with E-state index in [0.29, 0.717) is 5.92 Å². The molecule has 23 heavy (non-hydrogen) atoms. The second-order valence-electron chi connectivity index (χ2n) is 7.52. The summed E-state index contributed by atoms with van der Waals surface area (Å²) in [7, 11) is -1.60. The Morgan fingerprint density at radius 3 is 2.61 bits per heavy atom. The van der Waals surface area contributed by atoms with E-state index in [1.54, 1.807) is 10.4 Å². The molecule has 1 unspecified atom stereocenters. The molecule has 1 aromatic rings. The minimum Gasteiger partial charge on any atom is -0.0809 e. The fraction of sp³-hybridized carbons (Fsp3) is 0.273. The number of rotatable bonds is 2. The van der Waals surface area contributed by atoms with E-state index in [1.807, 2.05) is 0 Å². The van der Waals surface area contributed by atoms with Crippen LogP contribution >= 0.6 is 0 Å². The largest absolute Gasteiger partial charge is 0.109 e. The van der Waals surface area contributed by atoms with Crippen molar-refractivity contribution in [3.05, 3.63) is 86.8 Å². The molecule has 0 saturated carbocycles. The molecule has 0 radical (unpaired) electrons. The highest BCUT2D eigenvalue weighted by Gasteiger charge is 2.39. The third-order valence-corrected chi connectivity index (χ3v) is 9.66. The van der Waals surface area contributed by atoms with Gasteiger partial charge in [-0.25, -0.2) is 0 Å². The molecule has 0 nitrogen and oxygen atoms in total. The normalized spacial score (nSPS) is 22.6. The second-order valence-corrected chi connectivity index (χ2v) is 11.9. The van der Waals surface area contributed by atoms with Gasteiger partial charge in [0, 0.05) is 5.92 Å². The summed E-state index contributed by atoms with van der Waals surface area (Å²) in [5.41, 5.74) is 7.43. The molecule has 0 bridgehead atoms. The molecule has 0 fully saturated rings. The predicted molar refractivity (Wildman–Crippen MR) is 103 cm³/mol. The minimum atomic E-state index is -1.60. The first kappa shape index (κ1) is 14.7. The summed E-state index contributed by atoms with van der Waals surface area (Å²) in [6, 6.07) is 8.88. The molecular formula is C22H24Si. The van der Waals surface area contributed by atoms with Crippen LogP contribution in [0.2, 0.25) is 13.1 Å². The fourth-order valence-electron chi connectivity index (χ4n) is 4.51. The van der Waals surface area contributed by atoms with Gasteiger partial charge in [-0.2, -0.15) is 0 Å². The summed E-state index contributed by atoms with van der Waals surface area (Å²) in [6.07, 6.45) is 13.0. The van der Waals surface area contributed by atoms with Crippen molar-refractivity contribution in [1.29, 1.82) is 0 Å². The Kier molecular flexibility index (Phi) is 3.24. The van der Waals surface area contributed by atoms with Gasteiger partial charge in [0.15, 0.2) is 0 Å². The van der Waals surface area contributed by atoms with Crippen LogP contribution in [0.3, 0.4) is 0 Å². The Bertz CT molecular complexity index is 840. The average molecular weight is 317 g/mol. The Balaban J connectivity index is 1.85. The minimum absolute atomic E-state index is 0.499. The Hall–Kier alpha value is -1.86. The van der Waals surface area contributed by atoms with Crippen LogP contribution in [0, 0.1) is 0 Å². The molecule has 0 heterocycles. The molecule has 1 atom stereocenters. The van der Waals surface area contributed by atoms with E-state index in [-0.39, 0.29) is 0 Å². The number of fused-ring (bicyclic) bond motifs is 2. The highest BCUT2D eigenvalue weighted by atomic mass is 28.3. The van der Waals surface area contributed by atoms with Gasteiger partial charge in [0.25, 0.3) is 0 Å². The fourth-order valence-corrected chi connectivity index (χ4v) is 7.92. The van der Waals surface area contributed by atoms with Crippen LogP contribution in [0.5, 0.6) is 0 Å². The lowest BCUT2D eigenvalue weighted by Crippen LogP contribution is -2.33. The van der Waals surface area contributed by atoms with Crippen LogP contribution in [0.25, 0.3) is 6.08 Å². The lowest BCUT2D eigenvalue weighted by atomic mass is 9.81. The molecule has 3 aliphatic rings. The predicted octanol–water partition coefficient (Wildman–Crippen LogP) is 6.12. The van der Waals surface area contributed by atoms with Gasteiger partial charge in [-0.15, -0.1) is 0 Å². The van der Waals surface area contributed by atoms with E-state index in [4.69, 9.17) is 0 Å². The highest BCUT2D eigenvalue weighted by molar-refractivity contribution is 6.92. The highest BCUT2D eigenvalue weighted by Crippen LogP contribution is 2.49. The zero-order valence-corrected chi connectivity index (χ0v) is 15.5. The van der Waals surface area contributed by atoms with Gasteiger partial charge in [0.1, 0.15) is 8.07 Å². The smallest absolute Gasteiger partial charge is 0.0809 e. The number of hydrogen-bond donors (Lipinski definition) is 0. The van der Waals surface area contributed by atoms with Crippen molar-refractivity contribution in [1.82, 2.24) is 0 Å². The summed E-state index contributed by atoms with van der Waals surface area (Å²) in [6.45, 7) is 9.72. The summed E-state index contributed by atoms with van der Waals surface area (Å²) >= 11 is 0. The lowest BCUT2D eigenvalue weighted by molar-refractivity contribution is 0.901. The first-order chi connectivity index (χ1) is 11.0. The first-order valence-corrected chi connectivity index (χ1v) is 11.6. The molecule has 0 saturated heterocycles. The maximum Gasteiger partial charge on any atom is 0.109 e. The molecule has 1 heteroatoms. The van der Waals surface area contributed by atoms with Crippen LogP contribution in [0.15, 0.2) is 75.7 Å². The molecule has 0 amide bonds. The molecule has 0 N–H and O–H groups in total. The topological polar surface area (TPSA) is 0 Å². The Labute approximate surface area is 140 Å². The van der Waals surface area contributed by atoms with Crippen molar-refractivity contribution >= 4 is 14.1 Å². The van der Waals surface area contributed by atoms with Crippen LogP contribution in [0.1, 0.15) is 37.3 Å². The maximum absolute atomic E-state index is 2.52. The zero-order chi connectivity index (χ0) is 16.2. The van der Waals surface area contributed by atoms with Gasteiger partial charge < -0.3 is 0 Å². The maximum atomic E-state index is 2.52. The molecule has 0 spiro atoms. The third kappa shape index (κ3) is 2.10. The van der Waals surface area contributed by atoms with Crippen molar-refractivity contribution in [2.24, 2.45) is 0 Å². The number of hydrogen-bond acceptors (Lipinski definition) is 0. The van der Waals surface area contributed by atoms with Crippen molar-refractivity contribution in [2.45, 2.75) is 39.3 Å². The van der Waals surface area contributed by atoms with E-state index >= 15 is 0 Å². The number of benzene rings is 1. The van der Waals surface area contributed by atoms with Gasteiger partial charge in [-0.05, 0) is 46.9 Å². The number of allylic oxidation sites excluding steroid dienone is 9. The molecule has 0 aliphatic heterocycles. The quantitative estimate of drug-likeness (QED) is 0.577. The third-order valence-electron chi connectivity index (χ3n) is 5.77. The van der Waals surface area contributed by atoms with Crippen molar-refractivity contribution in [3.63, 3.8) is 0 Å². The van der Waals surface area contributed by atoms with E-state index in [9.17, 15) is 0 Å². The van der Waals surface area contributed by atoms with Gasteiger partial charge in [-0.1, -0.05) is 79.4 Å². The zero-order valence-electron chi connectivity index (χ0n) is 14.5. The molecule has 116 valence electrons. The van der Waals surface area contributed by atoms with E-state index in [0.717, 1.165) is 6.42 Å². The van der Waals surface area contributed by atoms with E-state index in [1.165, 1.54) is 27.8 Å². The second kappa shape index (κ2) is 5.07. The van der Waals surface area contributed by atoms with Gasteiger partial charge in [-0.3, -0.25) is 0 Å². The average Bonchev–Trinajstić information content (AvgIpc) is 3.15.